The summed E-state index contributed by atoms with van der Waals surface area (Å²) in [6.45, 7) is 2.28. The number of nitrogens with two attached hydrogens (primary N) is 1. The Morgan fingerprint density at radius 1 is 1.44 bits per heavy atom. The van der Waals surface area contributed by atoms with E-state index in [1.807, 2.05) is 0 Å². The summed E-state index contributed by atoms with van der Waals surface area (Å²) in [6, 6.07) is 1.50. The first kappa shape index (κ1) is 18.8. The molecule has 136 valence electrons. The smallest absolute Gasteiger partial charge is 0.425 e. The van der Waals surface area contributed by atoms with E-state index in [0.717, 1.165) is 13.0 Å². The highest BCUT2D eigenvalue weighted by Crippen LogP contribution is 2.31. The van der Waals surface area contributed by atoms with Crippen molar-refractivity contribution >= 4 is 28.9 Å². The molecule has 0 bridgehead atoms. The Balaban J connectivity index is 2.38. The highest BCUT2D eigenvalue weighted by atomic mass is 35.5. The molecule has 0 saturated heterocycles. The van der Waals surface area contributed by atoms with Crippen molar-refractivity contribution in [3.63, 3.8) is 0 Å². The highest BCUT2D eigenvalue weighted by molar-refractivity contribution is 6.33. The van der Waals surface area contributed by atoms with E-state index in [-0.39, 0.29) is 10.8 Å². The molecule has 0 radical (unpaired) electrons. The van der Waals surface area contributed by atoms with E-state index < -0.39 is 41.0 Å². The van der Waals surface area contributed by atoms with Crippen molar-refractivity contribution in [3.05, 3.63) is 34.4 Å². The fourth-order valence-electron chi connectivity index (χ4n) is 1.83. The molecule has 25 heavy (non-hydrogen) atoms. The number of aromatic nitrogens is 2. The zero-order valence-corrected chi connectivity index (χ0v) is 13.7. The molecule has 0 aliphatic heterocycles. The number of benzene rings is 1. The third-order valence-electron chi connectivity index (χ3n) is 3.25. The quantitative estimate of drug-likeness (QED) is 0.557. The zero-order chi connectivity index (χ0) is 18.9. The van der Waals surface area contributed by atoms with E-state index in [2.05, 4.69) is 15.5 Å². The lowest BCUT2D eigenvalue weighted by atomic mass is 10.1. The van der Waals surface area contributed by atoms with Gasteiger partial charge in [0.15, 0.2) is 6.10 Å². The third-order valence-corrected chi connectivity index (χ3v) is 3.52. The summed E-state index contributed by atoms with van der Waals surface area (Å²) in [5.41, 5.74) is 4.87. The maximum atomic E-state index is 13.7. The summed E-state index contributed by atoms with van der Waals surface area (Å²) in [6.07, 6.45) is -6.91. The average molecular weight is 381 g/mol. The lowest BCUT2D eigenvalue weighted by Gasteiger charge is -2.20. The zero-order valence-electron chi connectivity index (χ0n) is 13.0. The largest absolute Gasteiger partial charge is 0.480 e. The predicted octanol–water partition coefficient (Wildman–Crippen LogP) is 3.67. The monoisotopic (exact) mass is 380 g/mol. The Morgan fingerprint density at radius 3 is 2.60 bits per heavy atom. The van der Waals surface area contributed by atoms with Crippen LogP contribution in [0.2, 0.25) is 5.15 Å². The standard InChI is InChI=1S/C14H13ClF4N4O2/c1-5-11(12(15)23-22-5)21-13(24)7-3-8(16)9(20)4-10(7)25-6(2)14(17,18)19/h3-4,6H,20H2,1-2H3,(H,21,24)(H,22,23)/t6-/m0/s1. The number of H-pyrrole nitrogens is 1. The van der Waals surface area contributed by atoms with Crippen LogP contribution in [0, 0.1) is 12.7 Å². The van der Waals surface area contributed by atoms with Crippen LogP contribution >= 0.6 is 11.6 Å². The van der Waals surface area contributed by atoms with E-state index >= 15 is 0 Å². The van der Waals surface area contributed by atoms with E-state index in [9.17, 15) is 22.4 Å². The summed E-state index contributed by atoms with van der Waals surface area (Å²) >= 11 is 5.81. The fourth-order valence-corrected chi connectivity index (χ4v) is 2.06. The molecule has 1 atom stereocenters. The number of hydrogen-bond acceptors (Lipinski definition) is 4. The van der Waals surface area contributed by atoms with E-state index in [1.54, 1.807) is 0 Å². The van der Waals surface area contributed by atoms with Crippen LogP contribution < -0.4 is 15.8 Å². The molecular weight excluding hydrogens is 368 g/mol. The molecule has 1 aromatic heterocycles. The minimum absolute atomic E-state index is 0.00731. The number of anilines is 2. The van der Waals surface area contributed by atoms with Crippen LogP contribution in [0.25, 0.3) is 0 Å². The van der Waals surface area contributed by atoms with Gasteiger partial charge in [0.2, 0.25) is 0 Å². The molecule has 6 nitrogen and oxygen atoms in total. The van der Waals surface area contributed by atoms with Crippen molar-refractivity contribution in [1.29, 1.82) is 0 Å². The van der Waals surface area contributed by atoms with E-state index in [1.165, 1.54) is 6.92 Å². The van der Waals surface area contributed by atoms with Crippen LogP contribution in [0.3, 0.4) is 0 Å². The number of aryl methyl sites for hydroxylation is 1. The molecule has 0 unspecified atom stereocenters. The van der Waals surface area contributed by atoms with Crippen molar-refractivity contribution in [1.82, 2.24) is 10.2 Å². The van der Waals surface area contributed by atoms with Gasteiger partial charge in [-0.25, -0.2) is 4.39 Å². The molecule has 1 heterocycles. The van der Waals surface area contributed by atoms with Crippen molar-refractivity contribution < 1.29 is 27.1 Å². The topological polar surface area (TPSA) is 93.0 Å². The number of nitrogens with zero attached hydrogens (tertiary/aromatic N) is 1. The summed E-state index contributed by atoms with van der Waals surface area (Å²) in [5.74, 6) is -2.43. The van der Waals surface area contributed by atoms with E-state index in [4.69, 9.17) is 22.1 Å². The summed E-state index contributed by atoms with van der Waals surface area (Å²) in [5, 5.41) is 8.51. The molecule has 1 aromatic carbocycles. The number of ether oxygens (including phenoxy) is 1. The number of amides is 1. The Hall–Kier alpha value is -2.49. The number of nitrogens with one attached hydrogen (secondary N) is 2. The number of rotatable bonds is 4. The number of aromatic amines is 1. The number of carbonyl (C=O) groups excluding carboxylic acids is 1. The minimum Gasteiger partial charge on any atom is -0.480 e. The number of alkyl halides is 3. The number of halogens is 5. The first-order chi connectivity index (χ1) is 11.5. The molecule has 0 spiro atoms. The Labute approximate surface area is 144 Å². The SMILES string of the molecule is Cc1n[nH]c(Cl)c1NC(=O)c1cc(F)c(N)cc1O[C@@H](C)C(F)(F)F. The third kappa shape index (κ3) is 4.13. The fraction of sp³-hybridized carbons (Fsp3) is 0.286. The van der Waals surface area contributed by atoms with Crippen LogP contribution in [0.15, 0.2) is 12.1 Å². The summed E-state index contributed by atoms with van der Waals surface area (Å²) in [7, 11) is 0. The Bertz CT molecular complexity index is 787. The molecule has 4 N–H and O–H groups in total. The van der Waals surface area contributed by atoms with Gasteiger partial charge in [-0.3, -0.25) is 9.89 Å². The lowest BCUT2D eigenvalue weighted by Crippen LogP contribution is -2.32. The lowest BCUT2D eigenvalue weighted by molar-refractivity contribution is -0.189. The van der Waals surface area contributed by atoms with Gasteiger partial charge in [0.05, 0.1) is 16.9 Å². The molecule has 0 aliphatic carbocycles. The van der Waals surface area contributed by atoms with Gasteiger partial charge >= 0.3 is 6.18 Å². The average Bonchev–Trinajstić information content (AvgIpc) is 2.81. The van der Waals surface area contributed by atoms with Crippen molar-refractivity contribution in [2.45, 2.75) is 26.1 Å². The van der Waals surface area contributed by atoms with Gasteiger partial charge in [0, 0.05) is 6.07 Å². The van der Waals surface area contributed by atoms with Gasteiger partial charge in [-0.2, -0.15) is 18.3 Å². The second kappa shape index (κ2) is 6.79. The van der Waals surface area contributed by atoms with Gasteiger partial charge < -0.3 is 15.8 Å². The highest BCUT2D eigenvalue weighted by Gasteiger charge is 2.38. The number of nitrogen functional groups attached to an aromatic ring is 1. The van der Waals surface area contributed by atoms with Gasteiger partial charge in [-0.05, 0) is 19.9 Å². The minimum atomic E-state index is -4.68. The summed E-state index contributed by atoms with van der Waals surface area (Å²) in [4.78, 5) is 12.4. The van der Waals surface area contributed by atoms with Crippen molar-refractivity contribution in [3.8, 4) is 5.75 Å². The molecule has 11 heteroatoms. The van der Waals surface area contributed by atoms with Gasteiger partial charge in [-0.15, -0.1) is 0 Å². The predicted molar refractivity (Wildman–Crippen MR) is 83.2 cm³/mol. The van der Waals surface area contributed by atoms with Crippen LogP contribution in [-0.4, -0.2) is 28.4 Å². The molecule has 1 amide bonds. The van der Waals surface area contributed by atoms with Crippen LogP contribution in [-0.2, 0) is 0 Å². The molecule has 0 saturated carbocycles. The van der Waals surface area contributed by atoms with Crippen LogP contribution in [0.5, 0.6) is 5.75 Å². The molecule has 0 fully saturated rings. The summed E-state index contributed by atoms with van der Waals surface area (Å²) < 4.78 is 56.6. The van der Waals surface area contributed by atoms with Gasteiger partial charge in [0.25, 0.3) is 5.91 Å². The van der Waals surface area contributed by atoms with Gasteiger partial charge in [-0.1, -0.05) is 11.6 Å². The number of hydrogen-bond donors (Lipinski definition) is 3. The second-order valence-corrected chi connectivity index (χ2v) is 5.50. The van der Waals surface area contributed by atoms with E-state index in [0.29, 0.717) is 11.8 Å². The molecule has 0 aliphatic rings. The normalized spacial score (nSPS) is 12.8. The molecule has 2 aromatic rings. The van der Waals surface area contributed by atoms with Crippen LogP contribution in [0.4, 0.5) is 28.9 Å². The molecular formula is C14H13ClF4N4O2. The van der Waals surface area contributed by atoms with Gasteiger partial charge in [0.1, 0.15) is 22.4 Å². The maximum Gasteiger partial charge on any atom is 0.425 e. The Morgan fingerprint density at radius 2 is 2.08 bits per heavy atom. The second-order valence-electron chi connectivity index (χ2n) is 5.12. The number of carbonyl (C=O) groups is 1. The first-order valence-corrected chi connectivity index (χ1v) is 7.22. The Kier molecular flexibility index (Phi) is 5.12. The molecule has 2 rings (SSSR count). The van der Waals surface area contributed by atoms with Crippen molar-refractivity contribution in [2.24, 2.45) is 0 Å². The van der Waals surface area contributed by atoms with Crippen LogP contribution in [0.1, 0.15) is 23.0 Å². The maximum absolute atomic E-state index is 13.7. The van der Waals surface area contributed by atoms with Crippen molar-refractivity contribution in [2.75, 3.05) is 11.1 Å². The first-order valence-electron chi connectivity index (χ1n) is 6.85.